The second-order valence-electron chi connectivity index (χ2n) is 4.86. The van der Waals surface area contributed by atoms with Crippen molar-refractivity contribution >= 4 is 39.8 Å². The third kappa shape index (κ3) is 3.15. The summed E-state index contributed by atoms with van der Waals surface area (Å²) in [7, 11) is 1.64. The van der Waals surface area contributed by atoms with E-state index in [1.54, 1.807) is 7.11 Å². The molecule has 1 aromatic carbocycles. The van der Waals surface area contributed by atoms with Gasteiger partial charge in [-0.1, -0.05) is 17.8 Å². The monoisotopic (exact) mass is 329 g/mol. The number of fused-ring (bicyclic) bond motifs is 1. The molecule has 0 saturated carbocycles. The van der Waals surface area contributed by atoms with Gasteiger partial charge in [0.1, 0.15) is 10.8 Å². The maximum atomic E-state index is 12.1. The number of methoxy groups -OCH3 is 1. The van der Waals surface area contributed by atoms with Crippen molar-refractivity contribution in [2.75, 3.05) is 12.9 Å². The van der Waals surface area contributed by atoms with Gasteiger partial charge in [0.15, 0.2) is 5.78 Å². The van der Waals surface area contributed by atoms with Gasteiger partial charge in [-0.3, -0.25) is 4.79 Å². The number of hydrogen-bond acceptors (Lipinski definition) is 5. The predicted octanol–water partition coefficient (Wildman–Crippen LogP) is 4.59. The molecule has 3 nitrogen and oxygen atoms in total. The van der Waals surface area contributed by atoms with Gasteiger partial charge in [-0.25, -0.2) is 4.98 Å². The molecule has 0 unspecified atom stereocenters. The van der Waals surface area contributed by atoms with Gasteiger partial charge in [-0.2, -0.15) is 0 Å². The van der Waals surface area contributed by atoms with Gasteiger partial charge in [-0.15, -0.1) is 11.3 Å². The number of ketones is 1. The Bertz CT molecular complexity index is 813. The molecule has 3 rings (SSSR count). The number of hydrogen-bond donors (Lipinski definition) is 0. The molecule has 2 aromatic heterocycles. The standard InChI is InChI=1S/C17H15NO2S2/c1-11-8-12-5-6-13(20-2)9-14(12)18-17(11)22-10-15(19)16-4-3-7-21-16/h3-9H,10H2,1-2H3. The van der Waals surface area contributed by atoms with Gasteiger partial charge in [0, 0.05) is 11.5 Å². The molecule has 0 amide bonds. The quantitative estimate of drug-likeness (QED) is 0.507. The first kappa shape index (κ1) is 15.1. The summed E-state index contributed by atoms with van der Waals surface area (Å²) >= 11 is 2.96. The van der Waals surface area contributed by atoms with Crippen LogP contribution in [0.1, 0.15) is 15.2 Å². The van der Waals surface area contributed by atoms with E-state index in [0.29, 0.717) is 5.75 Å². The highest BCUT2D eigenvalue weighted by molar-refractivity contribution is 8.00. The van der Waals surface area contributed by atoms with E-state index < -0.39 is 0 Å². The van der Waals surface area contributed by atoms with E-state index in [2.05, 4.69) is 11.1 Å². The minimum Gasteiger partial charge on any atom is -0.497 e. The van der Waals surface area contributed by atoms with Crippen LogP contribution in [0, 0.1) is 6.92 Å². The molecule has 112 valence electrons. The molecule has 0 atom stereocenters. The van der Waals surface area contributed by atoms with Crippen molar-refractivity contribution < 1.29 is 9.53 Å². The molecule has 0 radical (unpaired) electrons. The Labute approximate surface area is 137 Å². The molecule has 0 bridgehead atoms. The fourth-order valence-corrected chi connectivity index (χ4v) is 3.78. The first-order valence-corrected chi connectivity index (χ1v) is 8.69. The van der Waals surface area contributed by atoms with Crippen molar-refractivity contribution in [2.24, 2.45) is 0 Å². The topological polar surface area (TPSA) is 39.2 Å². The van der Waals surface area contributed by atoms with Crippen molar-refractivity contribution in [3.05, 3.63) is 52.2 Å². The van der Waals surface area contributed by atoms with Crippen molar-refractivity contribution in [3.8, 4) is 5.75 Å². The van der Waals surface area contributed by atoms with E-state index in [9.17, 15) is 4.79 Å². The predicted molar refractivity (Wildman–Crippen MR) is 92.4 cm³/mol. The molecule has 22 heavy (non-hydrogen) atoms. The normalized spacial score (nSPS) is 10.8. The van der Waals surface area contributed by atoms with Gasteiger partial charge in [0.05, 0.1) is 23.3 Å². The molecule has 0 spiro atoms. The van der Waals surface area contributed by atoms with Gasteiger partial charge >= 0.3 is 0 Å². The molecule has 2 heterocycles. The number of thiophene rings is 1. The lowest BCUT2D eigenvalue weighted by Crippen LogP contribution is -2.00. The fraction of sp³-hybridized carbons (Fsp3) is 0.176. The van der Waals surface area contributed by atoms with E-state index in [1.165, 1.54) is 23.1 Å². The highest BCUT2D eigenvalue weighted by Gasteiger charge is 2.11. The van der Waals surface area contributed by atoms with Crippen molar-refractivity contribution in [1.29, 1.82) is 0 Å². The van der Waals surface area contributed by atoms with Crippen LogP contribution in [0.2, 0.25) is 0 Å². The van der Waals surface area contributed by atoms with Crippen LogP contribution >= 0.6 is 23.1 Å². The molecular formula is C17H15NO2S2. The van der Waals surface area contributed by atoms with Crippen molar-refractivity contribution in [1.82, 2.24) is 4.98 Å². The number of carbonyl (C=O) groups excluding carboxylic acids is 1. The first-order valence-electron chi connectivity index (χ1n) is 6.82. The zero-order chi connectivity index (χ0) is 15.5. The van der Waals surface area contributed by atoms with Crippen LogP contribution in [0.25, 0.3) is 10.9 Å². The number of carbonyl (C=O) groups is 1. The number of thioether (sulfide) groups is 1. The Hall–Kier alpha value is -1.85. The lowest BCUT2D eigenvalue weighted by atomic mass is 10.2. The molecule has 0 fully saturated rings. The van der Waals surface area contributed by atoms with Crippen molar-refractivity contribution in [2.45, 2.75) is 11.9 Å². The maximum Gasteiger partial charge on any atom is 0.183 e. The van der Waals surface area contributed by atoms with E-state index in [0.717, 1.165) is 32.1 Å². The fourth-order valence-electron chi connectivity index (χ4n) is 2.15. The summed E-state index contributed by atoms with van der Waals surface area (Å²) in [6.07, 6.45) is 0. The molecule has 0 N–H and O–H groups in total. The molecule has 3 aromatic rings. The SMILES string of the molecule is COc1ccc2cc(C)c(SCC(=O)c3cccs3)nc2c1. The van der Waals surface area contributed by atoms with E-state index in [-0.39, 0.29) is 5.78 Å². The molecule has 0 saturated heterocycles. The minimum absolute atomic E-state index is 0.145. The molecule has 5 heteroatoms. The Morgan fingerprint density at radius 3 is 2.91 bits per heavy atom. The second-order valence-corrected chi connectivity index (χ2v) is 6.77. The second kappa shape index (κ2) is 6.50. The van der Waals surface area contributed by atoms with E-state index >= 15 is 0 Å². The number of aryl methyl sites for hydroxylation is 1. The summed E-state index contributed by atoms with van der Waals surface area (Å²) in [6.45, 7) is 2.02. The van der Waals surface area contributed by atoms with Crippen molar-refractivity contribution in [3.63, 3.8) is 0 Å². The number of aromatic nitrogens is 1. The zero-order valence-electron chi connectivity index (χ0n) is 12.3. The summed E-state index contributed by atoms with van der Waals surface area (Å²) in [4.78, 5) is 17.6. The first-order chi connectivity index (χ1) is 10.7. The van der Waals surface area contributed by atoms with Crippen LogP contribution in [0.5, 0.6) is 5.75 Å². The molecule has 0 aliphatic heterocycles. The number of benzene rings is 1. The van der Waals surface area contributed by atoms with Gasteiger partial charge in [0.25, 0.3) is 0 Å². The Balaban J connectivity index is 1.83. The maximum absolute atomic E-state index is 12.1. The lowest BCUT2D eigenvalue weighted by Gasteiger charge is -2.07. The Kier molecular flexibility index (Phi) is 4.45. The number of nitrogens with zero attached hydrogens (tertiary/aromatic N) is 1. The smallest absolute Gasteiger partial charge is 0.183 e. The van der Waals surface area contributed by atoms with Crippen LogP contribution < -0.4 is 4.74 Å². The lowest BCUT2D eigenvalue weighted by molar-refractivity contribution is 0.102. The average molecular weight is 329 g/mol. The van der Waals surface area contributed by atoms with Crippen LogP contribution in [-0.2, 0) is 0 Å². The third-order valence-electron chi connectivity index (χ3n) is 3.30. The Morgan fingerprint density at radius 1 is 1.32 bits per heavy atom. The van der Waals surface area contributed by atoms with Crippen LogP contribution in [0.4, 0.5) is 0 Å². The van der Waals surface area contributed by atoms with Gasteiger partial charge in [-0.05, 0) is 42.1 Å². The summed E-state index contributed by atoms with van der Waals surface area (Å²) in [5.74, 6) is 1.34. The van der Waals surface area contributed by atoms with E-state index in [4.69, 9.17) is 4.74 Å². The van der Waals surface area contributed by atoms with Gasteiger partial charge in [0.2, 0.25) is 0 Å². The number of Topliss-reactive ketones (excluding diaryl/α,β-unsaturated/α-hetero) is 1. The van der Waals surface area contributed by atoms with E-state index in [1.807, 2.05) is 42.6 Å². The molecule has 0 aliphatic carbocycles. The number of pyridine rings is 1. The largest absolute Gasteiger partial charge is 0.497 e. The zero-order valence-corrected chi connectivity index (χ0v) is 14.0. The number of ether oxygens (including phenoxy) is 1. The summed E-state index contributed by atoms with van der Waals surface area (Å²) in [5, 5.41) is 3.89. The summed E-state index contributed by atoms with van der Waals surface area (Å²) < 4.78 is 5.24. The summed E-state index contributed by atoms with van der Waals surface area (Å²) in [6, 6.07) is 11.7. The highest BCUT2D eigenvalue weighted by atomic mass is 32.2. The number of rotatable bonds is 5. The molecule has 0 aliphatic rings. The summed E-state index contributed by atoms with van der Waals surface area (Å²) in [5.41, 5.74) is 1.97. The Morgan fingerprint density at radius 2 is 2.18 bits per heavy atom. The highest BCUT2D eigenvalue weighted by Crippen LogP contribution is 2.27. The van der Waals surface area contributed by atoms with Crippen LogP contribution in [0.3, 0.4) is 0 Å². The third-order valence-corrected chi connectivity index (χ3v) is 5.31. The average Bonchev–Trinajstić information content (AvgIpc) is 3.06. The minimum atomic E-state index is 0.145. The van der Waals surface area contributed by atoms with Gasteiger partial charge < -0.3 is 4.74 Å². The van der Waals surface area contributed by atoms with Crippen LogP contribution in [0.15, 0.2) is 46.8 Å². The molecular weight excluding hydrogens is 314 g/mol. The van der Waals surface area contributed by atoms with Crippen LogP contribution in [-0.4, -0.2) is 23.6 Å².